The molecule has 1 saturated carbocycles. The maximum absolute atomic E-state index is 13.4. The van der Waals surface area contributed by atoms with E-state index in [0.717, 1.165) is 18.4 Å². The van der Waals surface area contributed by atoms with Crippen LogP contribution in [0.5, 0.6) is 5.88 Å². The first-order chi connectivity index (χ1) is 10.9. The molecular formula is C17H26FN3O2. The number of nitrogens with one attached hydrogen (secondary N) is 2. The Balaban J connectivity index is 1.77. The minimum Gasteiger partial charge on any atom is -0.474 e. The Morgan fingerprint density at radius 3 is 2.83 bits per heavy atom. The second-order valence-corrected chi connectivity index (χ2v) is 6.67. The van der Waals surface area contributed by atoms with E-state index in [2.05, 4.69) is 15.6 Å². The molecule has 1 heterocycles. The van der Waals surface area contributed by atoms with Crippen molar-refractivity contribution in [3.05, 3.63) is 23.9 Å². The van der Waals surface area contributed by atoms with E-state index in [0.29, 0.717) is 12.4 Å². The smallest absolute Gasteiger partial charge is 0.315 e. The molecule has 0 spiro atoms. The molecule has 6 heteroatoms. The standard InChI is InChI=1S/C17H26FN3O2/c1-17(2,18)12-23-15-10-13(8-9-19-15)11-20-16(22)21-14-6-4-3-5-7-14/h8-10,14H,3-7,11-12H2,1-2H3,(H2,20,21,22). The summed E-state index contributed by atoms with van der Waals surface area (Å²) >= 11 is 0. The molecule has 0 aliphatic heterocycles. The number of rotatable bonds is 6. The fourth-order valence-corrected chi connectivity index (χ4v) is 2.55. The van der Waals surface area contributed by atoms with Crippen LogP contribution in [0.2, 0.25) is 0 Å². The minimum atomic E-state index is -1.41. The number of alkyl halides is 1. The number of aromatic nitrogens is 1. The summed E-state index contributed by atoms with van der Waals surface area (Å²) in [7, 11) is 0. The fourth-order valence-electron chi connectivity index (χ4n) is 2.55. The van der Waals surface area contributed by atoms with Gasteiger partial charge in [0, 0.05) is 24.8 Å². The van der Waals surface area contributed by atoms with E-state index in [-0.39, 0.29) is 18.7 Å². The molecule has 1 aliphatic rings. The van der Waals surface area contributed by atoms with Gasteiger partial charge in [-0.3, -0.25) is 0 Å². The summed E-state index contributed by atoms with van der Waals surface area (Å²) in [5, 5.41) is 5.84. The second kappa shape index (κ2) is 8.13. The van der Waals surface area contributed by atoms with Crippen LogP contribution in [0.4, 0.5) is 9.18 Å². The van der Waals surface area contributed by atoms with Crippen LogP contribution in [-0.4, -0.2) is 29.3 Å². The predicted octanol–water partition coefficient (Wildman–Crippen LogP) is 3.34. The van der Waals surface area contributed by atoms with Crippen LogP contribution in [0.1, 0.15) is 51.5 Å². The Bertz CT molecular complexity index is 511. The number of carbonyl (C=O) groups excluding carboxylic acids is 1. The van der Waals surface area contributed by atoms with Crippen LogP contribution < -0.4 is 15.4 Å². The van der Waals surface area contributed by atoms with Gasteiger partial charge in [-0.1, -0.05) is 19.3 Å². The quantitative estimate of drug-likeness (QED) is 0.844. The molecule has 0 atom stereocenters. The zero-order chi connectivity index (χ0) is 16.7. The van der Waals surface area contributed by atoms with E-state index < -0.39 is 5.67 Å². The van der Waals surface area contributed by atoms with Crippen molar-refractivity contribution in [3.8, 4) is 5.88 Å². The molecule has 1 fully saturated rings. The molecule has 2 rings (SSSR count). The normalized spacial score (nSPS) is 16.0. The van der Waals surface area contributed by atoms with Crippen LogP contribution in [0.3, 0.4) is 0 Å². The lowest BCUT2D eigenvalue weighted by Crippen LogP contribution is -2.42. The van der Waals surface area contributed by atoms with Crippen LogP contribution in [0.15, 0.2) is 18.3 Å². The molecule has 128 valence electrons. The maximum Gasteiger partial charge on any atom is 0.315 e. The highest BCUT2D eigenvalue weighted by atomic mass is 19.1. The van der Waals surface area contributed by atoms with Gasteiger partial charge in [-0.05, 0) is 38.3 Å². The average molecular weight is 323 g/mol. The first kappa shape index (κ1) is 17.5. The van der Waals surface area contributed by atoms with Gasteiger partial charge in [0.1, 0.15) is 12.3 Å². The van der Waals surface area contributed by atoms with Crippen molar-refractivity contribution in [2.75, 3.05) is 6.61 Å². The lowest BCUT2D eigenvalue weighted by molar-refractivity contribution is 0.117. The van der Waals surface area contributed by atoms with Gasteiger partial charge in [0.25, 0.3) is 0 Å². The summed E-state index contributed by atoms with van der Waals surface area (Å²) in [6.45, 7) is 3.23. The highest BCUT2D eigenvalue weighted by Gasteiger charge is 2.17. The molecule has 2 amide bonds. The molecule has 0 radical (unpaired) electrons. The van der Waals surface area contributed by atoms with Gasteiger partial charge in [0.05, 0.1) is 0 Å². The first-order valence-electron chi connectivity index (χ1n) is 8.23. The molecule has 0 bridgehead atoms. The number of hydrogen-bond acceptors (Lipinski definition) is 3. The van der Waals surface area contributed by atoms with Gasteiger partial charge < -0.3 is 15.4 Å². The van der Waals surface area contributed by atoms with Crippen LogP contribution in [-0.2, 0) is 6.54 Å². The van der Waals surface area contributed by atoms with E-state index in [4.69, 9.17) is 4.74 Å². The maximum atomic E-state index is 13.4. The van der Waals surface area contributed by atoms with Crippen molar-refractivity contribution in [2.24, 2.45) is 0 Å². The number of halogens is 1. The summed E-state index contributed by atoms with van der Waals surface area (Å²) in [6.07, 6.45) is 7.33. The molecule has 0 saturated heterocycles. The third kappa shape index (κ3) is 6.84. The first-order valence-corrected chi connectivity index (χ1v) is 8.23. The van der Waals surface area contributed by atoms with Gasteiger partial charge in [-0.15, -0.1) is 0 Å². The van der Waals surface area contributed by atoms with Crippen molar-refractivity contribution in [2.45, 2.75) is 64.2 Å². The molecule has 1 aromatic heterocycles. The Hall–Kier alpha value is -1.85. The second-order valence-electron chi connectivity index (χ2n) is 6.67. The summed E-state index contributed by atoms with van der Waals surface area (Å²) < 4.78 is 18.8. The predicted molar refractivity (Wildman–Crippen MR) is 87.2 cm³/mol. The van der Waals surface area contributed by atoms with E-state index in [1.807, 2.05) is 0 Å². The zero-order valence-corrected chi connectivity index (χ0v) is 13.9. The monoisotopic (exact) mass is 323 g/mol. The molecule has 5 nitrogen and oxygen atoms in total. The number of amides is 2. The Morgan fingerprint density at radius 2 is 2.13 bits per heavy atom. The number of pyridine rings is 1. The highest BCUT2D eigenvalue weighted by molar-refractivity contribution is 5.74. The molecule has 0 unspecified atom stereocenters. The molecule has 1 aromatic rings. The van der Waals surface area contributed by atoms with E-state index in [1.165, 1.54) is 33.1 Å². The van der Waals surface area contributed by atoms with Gasteiger partial charge in [-0.25, -0.2) is 14.2 Å². The number of ether oxygens (including phenoxy) is 1. The minimum absolute atomic E-state index is 0.0565. The highest BCUT2D eigenvalue weighted by Crippen LogP contribution is 2.17. The summed E-state index contributed by atoms with van der Waals surface area (Å²) in [4.78, 5) is 16.0. The average Bonchev–Trinajstić information content (AvgIpc) is 2.52. The number of hydrogen-bond donors (Lipinski definition) is 2. The Morgan fingerprint density at radius 1 is 1.39 bits per heavy atom. The van der Waals surface area contributed by atoms with Crippen molar-refractivity contribution in [3.63, 3.8) is 0 Å². The van der Waals surface area contributed by atoms with Crippen molar-refractivity contribution in [1.29, 1.82) is 0 Å². The lowest BCUT2D eigenvalue weighted by atomic mass is 9.96. The van der Waals surface area contributed by atoms with Gasteiger partial charge in [0.2, 0.25) is 5.88 Å². The Labute approximate surface area is 137 Å². The van der Waals surface area contributed by atoms with Crippen molar-refractivity contribution < 1.29 is 13.9 Å². The van der Waals surface area contributed by atoms with Crippen LogP contribution >= 0.6 is 0 Å². The van der Waals surface area contributed by atoms with Gasteiger partial charge in [-0.2, -0.15) is 0 Å². The Kier molecular flexibility index (Phi) is 6.19. The summed E-state index contributed by atoms with van der Waals surface area (Å²) in [6, 6.07) is 3.65. The van der Waals surface area contributed by atoms with E-state index in [1.54, 1.807) is 18.3 Å². The van der Waals surface area contributed by atoms with Crippen molar-refractivity contribution in [1.82, 2.24) is 15.6 Å². The molecular weight excluding hydrogens is 297 g/mol. The van der Waals surface area contributed by atoms with Crippen LogP contribution in [0.25, 0.3) is 0 Å². The third-order valence-electron chi connectivity index (χ3n) is 3.76. The molecule has 2 N–H and O–H groups in total. The molecule has 0 aromatic carbocycles. The van der Waals surface area contributed by atoms with Crippen LogP contribution in [0, 0.1) is 0 Å². The number of urea groups is 1. The third-order valence-corrected chi connectivity index (χ3v) is 3.76. The summed E-state index contributed by atoms with van der Waals surface area (Å²) in [5.74, 6) is 0.364. The number of carbonyl (C=O) groups is 1. The largest absolute Gasteiger partial charge is 0.474 e. The lowest BCUT2D eigenvalue weighted by Gasteiger charge is -2.22. The van der Waals surface area contributed by atoms with Gasteiger partial charge in [0.15, 0.2) is 0 Å². The van der Waals surface area contributed by atoms with E-state index in [9.17, 15) is 9.18 Å². The van der Waals surface area contributed by atoms with E-state index >= 15 is 0 Å². The topological polar surface area (TPSA) is 63.2 Å². The zero-order valence-electron chi connectivity index (χ0n) is 13.9. The van der Waals surface area contributed by atoms with Crippen molar-refractivity contribution >= 4 is 6.03 Å². The molecule has 23 heavy (non-hydrogen) atoms. The SMILES string of the molecule is CC(C)(F)COc1cc(CNC(=O)NC2CCCCC2)ccn1. The fraction of sp³-hybridized carbons (Fsp3) is 0.647. The number of nitrogens with zero attached hydrogens (tertiary/aromatic N) is 1. The summed E-state index contributed by atoms with van der Waals surface area (Å²) in [5.41, 5.74) is -0.541. The molecule has 1 aliphatic carbocycles. The van der Waals surface area contributed by atoms with Gasteiger partial charge >= 0.3 is 6.03 Å².